The van der Waals surface area contributed by atoms with Gasteiger partial charge in [0, 0.05) is 5.69 Å². The smallest absolute Gasteiger partial charge is 0.338 e. The number of amides is 1. The summed E-state index contributed by atoms with van der Waals surface area (Å²) in [5, 5.41) is 11.6. The maximum atomic E-state index is 12.4. The molecule has 0 saturated heterocycles. The molecule has 1 amide bonds. The summed E-state index contributed by atoms with van der Waals surface area (Å²) < 4.78 is 10.4. The molecule has 0 radical (unpaired) electrons. The number of nitrogens with zero attached hydrogens (tertiary/aromatic N) is 1. The lowest BCUT2D eigenvalue weighted by atomic mass is 10.2. The van der Waals surface area contributed by atoms with Gasteiger partial charge in [-0.3, -0.25) is 4.79 Å². The Bertz CT molecular complexity index is 1010. The Labute approximate surface area is 153 Å². The van der Waals surface area contributed by atoms with Gasteiger partial charge in [-0.1, -0.05) is 13.0 Å². The van der Waals surface area contributed by atoms with Gasteiger partial charge in [0.05, 0.1) is 11.1 Å². The zero-order valence-corrected chi connectivity index (χ0v) is 14.3. The Kier molecular flexibility index (Phi) is 5.16. The van der Waals surface area contributed by atoms with Crippen molar-refractivity contribution in [1.29, 1.82) is 0 Å². The summed E-state index contributed by atoms with van der Waals surface area (Å²) in [6, 6.07) is 10.4. The molecule has 0 bridgehead atoms. The minimum absolute atomic E-state index is 0.0405. The number of carbonyl (C=O) groups is 3. The monoisotopic (exact) mass is 368 g/mol. The van der Waals surface area contributed by atoms with Crippen LogP contribution in [0, 0.1) is 0 Å². The number of esters is 1. The van der Waals surface area contributed by atoms with E-state index in [1.165, 1.54) is 36.7 Å². The molecule has 0 aliphatic heterocycles. The minimum Gasteiger partial charge on any atom is -0.478 e. The normalized spacial score (nSPS) is 11.7. The van der Waals surface area contributed by atoms with Crippen molar-refractivity contribution in [1.82, 2.24) is 4.98 Å². The third-order valence-electron chi connectivity index (χ3n) is 3.86. The molecular weight excluding hydrogens is 352 g/mol. The lowest BCUT2D eigenvalue weighted by Crippen LogP contribution is -2.32. The molecule has 1 unspecified atom stereocenters. The maximum Gasteiger partial charge on any atom is 0.338 e. The van der Waals surface area contributed by atoms with Crippen molar-refractivity contribution in [2.45, 2.75) is 19.4 Å². The second kappa shape index (κ2) is 7.69. The topological polar surface area (TPSA) is 119 Å². The molecule has 3 aromatic rings. The molecule has 138 valence electrons. The molecule has 8 heteroatoms. The van der Waals surface area contributed by atoms with Gasteiger partial charge < -0.3 is 19.6 Å². The molecule has 2 aromatic carbocycles. The van der Waals surface area contributed by atoms with Crippen molar-refractivity contribution in [2.24, 2.45) is 0 Å². The number of oxazole rings is 1. The van der Waals surface area contributed by atoms with E-state index < -0.39 is 23.9 Å². The molecule has 8 nitrogen and oxygen atoms in total. The zero-order valence-electron chi connectivity index (χ0n) is 14.3. The van der Waals surface area contributed by atoms with Gasteiger partial charge in [0.25, 0.3) is 5.91 Å². The number of fused-ring (bicyclic) bond motifs is 1. The van der Waals surface area contributed by atoms with Crippen LogP contribution in [0.1, 0.15) is 34.1 Å². The molecule has 1 heterocycles. The average molecular weight is 368 g/mol. The average Bonchev–Trinajstić information content (AvgIpc) is 3.13. The summed E-state index contributed by atoms with van der Waals surface area (Å²) in [5.41, 5.74) is 1.63. The van der Waals surface area contributed by atoms with Gasteiger partial charge in [-0.15, -0.1) is 0 Å². The number of carboxylic acid groups (broad SMARTS) is 1. The van der Waals surface area contributed by atoms with Crippen LogP contribution in [0.25, 0.3) is 11.1 Å². The molecule has 1 aromatic heterocycles. The number of carboxylic acids is 1. The van der Waals surface area contributed by atoms with E-state index in [1.807, 2.05) is 0 Å². The second-order valence-electron chi connectivity index (χ2n) is 5.71. The molecule has 3 rings (SSSR count). The van der Waals surface area contributed by atoms with Gasteiger partial charge in [-0.05, 0) is 42.8 Å². The van der Waals surface area contributed by atoms with E-state index in [0.29, 0.717) is 16.8 Å². The molecule has 0 aliphatic rings. The number of ether oxygens (including phenoxy) is 1. The maximum absolute atomic E-state index is 12.4. The first-order valence-electron chi connectivity index (χ1n) is 8.16. The van der Waals surface area contributed by atoms with Crippen molar-refractivity contribution in [3.8, 4) is 0 Å². The molecule has 0 fully saturated rings. The van der Waals surface area contributed by atoms with Crippen LogP contribution in [-0.2, 0) is 9.53 Å². The van der Waals surface area contributed by atoms with Crippen LogP contribution in [-0.4, -0.2) is 34.0 Å². The second-order valence-corrected chi connectivity index (χ2v) is 5.71. The Morgan fingerprint density at radius 2 is 2.00 bits per heavy atom. The summed E-state index contributed by atoms with van der Waals surface area (Å²) in [7, 11) is 0. The van der Waals surface area contributed by atoms with Crippen molar-refractivity contribution >= 4 is 34.6 Å². The predicted octanol–water partition coefficient (Wildman–Crippen LogP) is 3.10. The summed E-state index contributed by atoms with van der Waals surface area (Å²) in [6.07, 6.45) is 0.495. The lowest BCUT2D eigenvalue weighted by molar-refractivity contribution is -0.124. The number of hydrogen-bond acceptors (Lipinski definition) is 6. The number of aromatic nitrogens is 1. The highest BCUT2D eigenvalue weighted by Gasteiger charge is 2.22. The fourth-order valence-corrected chi connectivity index (χ4v) is 2.46. The molecule has 0 saturated carbocycles. The highest BCUT2D eigenvalue weighted by atomic mass is 16.5. The van der Waals surface area contributed by atoms with E-state index in [0.717, 1.165) is 0 Å². The quantitative estimate of drug-likeness (QED) is 0.642. The number of benzene rings is 2. The highest BCUT2D eigenvalue weighted by Crippen LogP contribution is 2.17. The first kappa shape index (κ1) is 18.1. The number of rotatable bonds is 6. The van der Waals surface area contributed by atoms with E-state index >= 15 is 0 Å². The number of nitrogens with one attached hydrogen (secondary N) is 1. The van der Waals surface area contributed by atoms with Crippen LogP contribution in [0.5, 0.6) is 0 Å². The Hall–Kier alpha value is -3.68. The van der Waals surface area contributed by atoms with Crippen LogP contribution in [0.2, 0.25) is 0 Å². The van der Waals surface area contributed by atoms with Crippen molar-refractivity contribution in [3.63, 3.8) is 0 Å². The summed E-state index contributed by atoms with van der Waals surface area (Å²) >= 11 is 0. The largest absolute Gasteiger partial charge is 0.478 e. The summed E-state index contributed by atoms with van der Waals surface area (Å²) in [5.74, 6) is -2.31. The first-order valence-corrected chi connectivity index (χ1v) is 8.16. The molecule has 0 aliphatic carbocycles. The van der Waals surface area contributed by atoms with Gasteiger partial charge in [0.1, 0.15) is 5.52 Å². The van der Waals surface area contributed by atoms with E-state index in [1.54, 1.807) is 19.1 Å². The first-order chi connectivity index (χ1) is 13.0. The van der Waals surface area contributed by atoms with Gasteiger partial charge in [-0.25, -0.2) is 14.6 Å². The fraction of sp³-hybridized carbons (Fsp3) is 0.158. The lowest BCUT2D eigenvalue weighted by Gasteiger charge is -2.16. The van der Waals surface area contributed by atoms with Crippen LogP contribution in [0.4, 0.5) is 5.69 Å². The SMILES string of the molecule is CCC(OC(=O)c1ccc2ocnc2c1)C(=O)Nc1cccc(C(=O)O)c1. The molecule has 2 N–H and O–H groups in total. The third kappa shape index (κ3) is 4.12. The minimum atomic E-state index is -1.10. The van der Waals surface area contributed by atoms with Crippen molar-refractivity contribution in [3.05, 3.63) is 60.0 Å². The number of carbonyl (C=O) groups excluding carboxylic acids is 2. The molecular formula is C19H16N2O6. The van der Waals surface area contributed by atoms with Gasteiger partial charge >= 0.3 is 11.9 Å². The number of aromatic carboxylic acids is 1. The third-order valence-corrected chi connectivity index (χ3v) is 3.86. The predicted molar refractivity (Wildman–Crippen MR) is 95.5 cm³/mol. The van der Waals surface area contributed by atoms with E-state index in [4.69, 9.17) is 14.3 Å². The van der Waals surface area contributed by atoms with E-state index in [-0.39, 0.29) is 17.5 Å². The summed E-state index contributed by atoms with van der Waals surface area (Å²) in [4.78, 5) is 39.7. The van der Waals surface area contributed by atoms with Gasteiger partial charge in [0.15, 0.2) is 18.1 Å². The molecule has 0 spiro atoms. The van der Waals surface area contributed by atoms with Gasteiger partial charge in [0.2, 0.25) is 0 Å². The van der Waals surface area contributed by atoms with Crippen LogP contribution in [0.3, 0.4) is 0 Å². The van der Waals surface area contributed by atoms with Crippen LogP contribution in [0.15, 0.2) is 53.3 Å². The number of hydrogen-bond donors (Lipinski definition) is 2. The zero-order chi connectivity index (χ0) is 19.4. The van der Waals surface area contributed by atoms with Crippen LogP contribution < -0.4 is 5.32 Å². The van der Waals surface area contributed by atoms with E-state index in [9.17, 15) is 14.4 Å². The van der Waals surface area contributed by atoms with Crippen molar-refractivity contribution in [2.75, 3.05) is 5.32 Å². The Balaban J connectivity index is 1.70. The van der Waals surface area contributed by atoms with E-state index in [2.05, 4.69) is 10.3 Å². The highest BCUT2D eigenvalue weighted by molar-refractivity contribution is 5.99. The standard InChI is InChI=1S/C19H16N2O6/c1-2-15(17(22)21-13-5-3-4-11(8-13)18(23)24)27-19(25)12-6-7-16-14(9-12)20-10-26-16/h3-10,15H,2H2,1H3,(H,21,22)(H,23,24). The Morgan fingerprint density at radius 1 is 1.19 bits per heavy atom. The van der Waals surface area contributed by atoms with Crippen LogP contribution >= 0.6 is 0 Å². The number of anilines is 1. The summed E-state index contributed by atoms with van der Waals surface area (Å²) in [6.45, 7) is 1.70. The molecule has 27 heavy (non-hydrogen) atoms. The van der Waals surface area contributed by atoms with Crippen molar-refractivity contribution < 1.29 is 28.6 Å². The Morgan fingerprint density at radius 3 is 2.74 bits per heavy atom. The van der Waals surface area contributed by atoms with Gasteiger partial charge in [-0.2, -0.15) is 0 Å². The fourth-order valence-electron chi connectivity index (χ4n) is 2.46. The molecule has 1 atom stereocenters.